The second-order valence-corrected chi connectivity index (χ2v) is 5.99. The summed E-state index contributed by atoms with van der Waals surface area (Å²) in [6.45, 7) is 4.83. The number of aromatic nitrogens is 1. The minimum Gasteiger partial charge on any atom is -0.352 e. The van der Waals surface area contributed by atoms with E-state index in [-0.39, 0.29) is 11.8 Å². The Balaban J connectivity index is 1.93. The van der Waals surface area contributed by atoms with Crippen LogP contribution in [0.4, 0.5) is 0 Å². The summed E-state index contributed by atoms with van der Waals surface area (Å²) in [4.78, 5) is 16.3. The van der Waals surface area contributed by atoms with Gasteiger partial charge in [-0.25, -0.2) is 4.98 Å². The summed E-state index contributed by atoms with van der Waals surface area (Å²) in [5.74, 6) is 1.03. The van der Waals surface area contributed by atoms with Gasteiger partial charge in [0.15, 0.2) is 0 Å². The molecule has 0 unspecified atom stereocenters. The molecule has 104 valence electrons. The molecule has 0 bridgehead atoms. The van der Waals surface area contributed by atoms with E-state index in [1.54, 1.807) is 6.07 Å². The molecule has 0 saturated heterocycles. The fourth-order valence-corrected chi connectivity index (χ4v) is 2.43. The second kappa shape index (κ2) is 6.38. The van der Waals surface area contributed by atoms with Crippen molar-refractivity contribution in [2.75, 3.05) is 6.54 Å². The van der Waals surface area contributed by atoms with Crippen molar-refractivity contribution in [3.63, 3.8) is 0 Å². The number of amides is 1. The Labute approximate surface area is 119 Å². The largest absolute Gasteiger partial charge is 0.352 e. The Hall–Kier alpha value is -1.09. The zero-order valence-electron chi connectivity index (χ0n) is 11.6. The molecule has 2 rings (SSSR count). The molecule has 0 radical (unpaired) electrons. The third kappa shape index (κ3) is 3.93. The van der Waals surface area contributed by atoms with Gasteiger partial charge in [-0.15, -0.1) is 0 Å². The highest BCUT2D eigenvalue weighted by atomic mass is 35.5. The highest BCUT2D eigenvalue weighted by Gasteiger charge is 2.17. The van der Waals surface area contributed by atoms with E-state index >= 15 is 0 Å². The molecule has 19 heavy (non-hydrogen) atoms. The van der Waals surface area contributed by atoms with E-state index in [9.17, 15) is 4.79 Å². The molecule has 1 saturated carbocycles. The van der Waals surface area contributed by atoms with Gasteiger partial charge in [0.05, 0.1) is 0 Å². The van der Waals surface area contributed by atoms with Crippen LogP contribution < -0.4 is 5.32 Å². The standard InChI is InChI=1S/C15H21ClN2O/c1-10(2)13-8-12(9-14(16)18-13)15(19)17-7-6-11-4-3-5-11/h8-11H,3-7H2,1-2H3,(H,17,19). The molecular formula is C15H21ClN2O. The third-order valence-electron chi connectivity index (χ3n) is 3.73. The Bertz CT molecular complexity index is 455. The van der Waals surface area contributed by atoms with Crippen LogP contribution in [0.1, 0.15) is 61.5 Å². The van der Waals surface area contributed by atoms with Crippen LogP contribution in [0.3, 0.4) is 0 Å². The van der Waals surface area contributed by atoms with Gasteiger partial charge in [-0.05, 0) is 30.4 Å². The van der Waals surface area contributed by atoms with E-state index in [0.717, 1.165) is 24.6 Å². The number of pyridine rings is 1. The van der Waals surface area contributed by atoms with Gasteiger partial charge in [0.1, 0.15) is 5.15 Å². The fraction of sp³-hybridized carbons (Fsp3) is 0.600. The summed E-state index contributed by atoms with van der Waals surface area (Å²) in [7, 11) is 0. The van der Waals surface area contributed by atoms with Crippen molar-refractivity contribution in [2.45, 2.75) is 45.4 Å². The van der Waals surface area contributed by atoms with Crippen molar-refractivity contribution in [3.8, 4) is 0 Å². The van der Waals surface area contributed by atoms with Crippen molar-refractivity contribution >= 4 is 17.5 Å². The Morgan fingerprint density at radius 3 is 2.79 bits per heavy atom. The average Bonchev–Trinajstić information content (AvgIpc) is 2.31. The van der Waals surface area contributed by atoms with Crippen LogP contribution in [0.15, 0.2) is 12.1 Å². The van der Waals surface area contributed by atoms with Crippen molar-refractivity contribution in [1.82, 2.24) is 10.3 Å². The fourth-order valence-electron chi connectivity index (χ4n) is 2.22. The number of halogens is 1. The minimum atomic E-state index is -0.0504. The van der Waals surface area contributed by atoms with Crippen molar-refractivity contribution < 1.29 is 4.79 Å². The molecule has 0 atom stereocenters. The summed E-state index contributed by atoms with van der Waals surface area (Å²) in [6.07, 6.45) is 5.06. The molecule has 1 aliphatic rings. The molecule has 1 aromatic rings. The molecule has 1 N–H and O–H groups in total. The summed E-state index contributed by atoms with van der Waals surface area (Å²) >= 11 is 5.96. The van der Waals surface area contributed by atoms with Gasteiger partial charge in [-0.2, -0.15) is 0 Å². The summed E-state index contributed by atoms with van der Waals surface area (Å²) in [6, 6.07) is 3.46. The molecule has 1 aromatic heterocycles. The van der Waals surface area contributed by atoms with Crippen molar-refractivity contribution in [3.05, 3.63) is 28.5 Å². The maximum absolute atomic E-state index is 12.1. The zero-order valence-corrected chi connectivity index (χ0v) is 12.3. The second-order valence-electron chi connectivity index (χ2n) is 5.60. The number of hydrogen-bond acceptors (Lipinski definition) is 2. The quantitative estimate of drug-likeness (QED) is 0.834. The maximum Gasteiger partial charge on any atom is 0.251 e. The topological polar surface area (TPSA) is 42.0 Å². The lowest BCUT2D eigenvalue weighted by molar-refractivity contribution is 0.0948. The lowest BCUT2D eigenvalue weighted by atomic mass is 9.83. The monoisotopic (exact) mass is 280 g/mol. The normalized spacial score (nSPS) is 15.4. The highest BCUT2D eigenvalue weighted by molar-refractivity contribution is 6.29. The van der Waals surface area contributed by atoms with Gasteiger partial charge >= 0.3 is 0 Å². The van der Waals surface area contributed by atoms with E-state index in [1.807, 2.05) is 19.9 Å². The van der Waals surface area contributed by atoms with Gasteiger partial charge in [-0.1, -0.05) is 44.7 Å². The number of nitrogens with one attached hydrogen (secondary N) is 1. The molecule has 1 aliphatic carbocycles. The zero-order chi connectivity index (χ0) is 13.8. The number of hydrogen-bond donors (Lipinski definition) is 1. The Morgan fingerprint density at radius 1 is 1.47 bits per heavy atom. The SMILES string of the molecule is CC(C)c1cc(C(=O)NCCC2CCC2)cc(Cl)n1. The lowest BCUT2D eigenvalue weighted by Crippen LogP contribution is -2.27. The summed E-state index contributed by atoms with van der Waals surface area (Å²) in [5, 5.41) is 3.35. The van der Waals surface area contributed by atoms with E-state index in [2.05, 4.69) is 10.3 Å². The van der Waals surface area contributed by atoms with Crippen LogP contribution in [-0.4, -0.2) is 17.4 Å². The summed E-state index contributed by atoms with van der Waals surface area (Å²) in [5.41, 5.74) is 1.47. The molecule has 0 spiro atoms. The predicted molar refractivity (Wildman–Crippen MR) is 77.6 cm³/mol. The molecule has 1 amide bonds. The van der Waals surface area contributed by atoms with Gasteiger partial charge in [0.25, 0.3) is 5.91 Å². The van der Waals surface area contributed by atoms with Crippen LogP contribution >= 0.6 is 11.6 Å². The van der Waals surface area contributed by atoms with Crippen molar-refractivity contribution in [1.29, 1.82) is 0 Å². The first kappa shape index (κ1) is 14.3. The number of carbonyl (C=O) groups excluding carboxylic acids is 1. The van der Waals surface area contributed by atoms with Crippen LogP contribution in [0.25, 0.3) is 0 Å². The average molecular weight is 281 g/mol. The van der Waals surface area contributed by atoms with E-state index in [4.69, 9.17) is 11.6 Å². The predicted octanol–water partition coefficient (Wildman–Crippen LogP) is 3.78. The molecule has 4 heteroatoms. The number of carbonyl (C=O) groups is 1. The molecule has 1 heterocycles. The minimum absolute atomic E-state index is 0.0504. The first-order chi connectivity index (χ1) is 9.06. The Morgan fingerprint density at radius 2 is 2.21 bits per heavy atom. The van der Waals surface area contributed by atoms with Crippen LogP contribution in [0.2, 0.25) is 5.15 Å². The molecule has 1 fully saturated rings. The third-order valence-corrected chi connectivity index (χ3v) is 3.92. The van der Waals surface area contributed by atoms with E-state index < -0.39 is 0 Å². The smallest absolute Gasteiger partial charge is 0.251 e. The van der Waals surface area contributed by atoms with Crippen LogP contribution in [-0.2, 0) is 0 Å². The molecule has 0 aromatic carbocycles. The molecule has 0 aliphatic heterocycles. The Kier molecular flexibility index (Phi) is 4.81. The maximum atomic E-state index is 12.1. The molecular weight excluding hydrogens is 260 g/mol. The van der Waals surface area contributed by atoms with Gasteiger partial charge in [0.2, 0.25) is 0 Å². The first-order valence-corrected chi connectivity index (χ1v) is 7.39. The van der Waals surface area contributed by atoms with Crippen molar-refractivity contribution in [2.24, 2.45) is 5.92 Å². The van der Waals surface area contributed by atoms with Gasteiger partial charge in [0, 0.05) is 17.8 Å². The molecule has 3 nitrogen and oxygen atoms in total. The summed E-state index contributed by atoms with van der Waals surface area (Å²) < 4.78 is 0. The number of rotatable bonds is 5. The van der Waals surface area contributed by atoms with Crippen LogP contribution in [0.5, 0.6) is 0 Å². The lowest BCUT2D eigenvalue weighted by Gasteiger charge is -2.25. The van der Waals surface area contributed by atoms with Crippen LogP contribution in [0, 0.1) is 5.92 Å². The first-order valence-electron chi connectivity index (χ1n) is 7.02. The van der Waals surface area contributed by atoms with E-state index in [1.165, 1.54) is 19.3 Å². The van der Waals surface area contributed by atoms with E-state index in [0.29, 0.717) is 10.7 Å². The van der Waals surface area contributed by atoms with Gasteiger partial charge in [-0.3, -0.25) is 4.79 Å². The highest BCUT2D eigenvalue weighted by Crippen LogP contribution is 2.28. The number of nitrogens with zero attached hydrogens (tertiary/aromatic N) is 1. The van der Waals surface area contributed by atoms with Gasteiger partial charge < -0.3 is 5.32 Å².